The van der Waals surface area contributed by atoms with Crippen molar-refractivity contribution < 1.29 is 0 Å². The summed E-state index contributed by atoms with van der Waals surface area (Å²) in [6.07, 6.45) is 0.967. The van der Waals surface area contributed by atoms with E-state index in [1.165, 1.54) is 21.7 Å². The summed E-state index contributed by atoms with van der Waals surface area (Å²) in [5, 5.41) is 6.94. The minimum atomic E-state index is 0.399. The summed E-state index contributed by atoms with van der Waals surface area (Å²) in [6, 6.07) is 19.4. The van der Waals surface area contributed by atoms with Crippen LogP contribution in [0.25, 0.3) is 11.3 Å². The lowest BCUT2D eigenvalue weighted by Crippen LogP contribution is -2.14. The largest absolute Gasteiger partial charge is 0.305 e. The standard InChI is InChI=1S/C18H16N2S/c1-2-6-13(7-3-1)17-12-21-18(20-17)10-16-15-9-5-4-8-14(15)11-19-16/h1-9,12,16,19H,10-11H2. The van der Waals surface area contributed by atoms with E-state index < -0.39 is 0 Å². The second-order valence-corrected chi connectivity index (χ2v) is 6.27. The number of thiazole rings is 1. The normalized spacial score (nSPS) is 16.9. The molecule has 4 rings (SSSR count). The number of nitrogens with one attached hydrogen (secondary N) is 1. The fourth-order valence-corrected chi connectivity index (χ4v) is 3.73. The summed E-state index contributed by atoms with van der Waals surface area (Å²) in [5.41, 5.74) is 5.12. The second kappa shape index (κ2) is 5.43. The lowest BCUT2D eigenvalue weighted by atomic mass is 10.0. The molecule has 1 unspecified atom stereocenters. The Labute approximate surface area is 128 Å². The highest BCUT2D eigenvalue weighted by Gasteiger charge is 2.22. The molecule has 1 aliphatic rings. The fourth-order valence-electron chi connectivity index (χ4n) is 2.88. The molecule has 21 heavy (non-hydrogen) atoms. The van der Waals surface area contributed by atoms with E-state index in [1.807, 2.05) is 6.07 Å². The number of benzene rings is 2. The summed E-state index contributed by atoms with van der Waals surface area (Å²) < 4.78 is 0. The van der Waals surface area contributed by atoms with Gasteiger partial charge in [-0.15, -0.1) is 11.3 Å². The molecule has 0 spiro atoms. The Hall–Kier alpha value is -1.97. The third kappa shape index (κ3) is 2.50. The van der Waals surface area contributed by atoms with E-state index >= 15 is 0 Å². The van der Waals surface area contributed by atoms with Crippen LogP contribution in [0.3, 0.4) is 0 Å². The zero-order valence-corrected chi connectivity index (χ0v) is 12.4. The molecule has 1 aromatic heterocycles. The summed E-state index contributed by atoms with van der Waals surface area (Å²) >= 11 is 1.75. The molecule has 1 atom stereocenters. The van der Waals surface area contributed by atoms with E-state index in [0.717, 1.165) is 18.7 Å². The molecular weight excluding hydrogens is 276 g/mol. The molecule has 0 saturated carbocycles. The molecular formula is C18H16N2S. The van der Waals surface area contributed by atoms with Crippen LogP contribution in [-0.4, -0.2) is 4.98 Å². The Morgan fingerprint density at radius 1 is 1.05 bits per heavy atom. The van der Waals surface area contributed by atoms with Gasteiger partial charge in [-0.3, -0.25) is 0 Å². The highest BCUT2D eigenvalue weighted by molar-refractivity contribution is 7.09. The average Bonchev–Trinajstić information content (AvgIpc) is 3.17. The van der Waals surface area contributed by atoms with Gasteiger partial charge in [0.2, 0.25) is 0 Å². The Bertz CT molecular complexity index is 749. The molecule has 0 bridgehead atoms. The van der Waals surface area contributed by atoms with Gasteiger partial charge in [-0.25, -0.2) is 4.98 Å². The predicted molar refractivity (Wildman–Crippen MR) is 87.3 cm³/mol. The van der Waals surface area contributed by atoms with Gasteiger partial charge in [0, 0.05) is 30.0 Å². The van der Waals surface area contributed by atoms with E-state index in [0.29, 0.717) is 6.04 Å². The quantitative estimate of drug-likeness (QED) is 0.782. The third-order valence-corrected chi connectivity index (χ3v) is 4.84. The predicted octanol–water partition coefficient (Wildman–Crippen LogP) is 4.20. The number of nitrogens with zero attached hydrogens (tertiary/aromatic N) is 1. The summed E-state index contributed by atoms with van der Waals surface area (Å²) in [5.74, 6) is 0. The molecule has 0 radical (unpaired) electrons. The van der Waals surface area contributed by atoms with Crippen molar-refractivity contribution in [1.29, 1.82) is 0 Å². The zero-order valence-electron chi connectivity index (χ0n) is 11.6. The lowest BCUT2D eigenvalue weighted by molar-refractivity contribution is 0.580. The number of fused-ring (bicyclic) bond motifs is 1. The first-order chi connectivity index (χ1) is 10.4. The van der Waals surface area contributed by atoms with Crippen molar-refractivity contribution in [3.8, 4) is 11.3 Å². The van der Waals surface area contributed by atoms with Crippen molar-refractivity contribution in [2.45, 2.75) is 19.0 Å². The zero-order chi connectivity index (χ0) is 14.1. The van der Waals surface area contributed by atoms with Crippen LogP contribution in [0.5, 0.6) is 0 Å². The van der Waals surface area contributed by atoms with Crippen LogP contribution in [0.1, 0.15) is 22.2 Å². The highest BCUT2D eigenvalue weighted by Crippen LogP contribution is 2.30. The molecule has 3 heteroatoms. The van der Waals surface area contributed by atoms with Crippen LogP contribution in [0.2, 0.25) is 0 Å². The molecule has 2 nitrogen and oxygen atoms in total. The molecule has 0 amide bonds. The molecule has 0 fully saturated rings. The van der Waals surface area contributed by atoms with Crippen LogP contribution >= 0.6 is 11.3 Å². The second-order valence-electron chi connectivity index (χ2n) is 5.33. The van der Waals surface area contributed by atoms with E-state index in [-0.39, 0.29) is 0 Å². The van der Waals surface area contributed by atoms with E-state index in [1.54, 1.807) is 11.3 Å². The fraction of sp³-hybridized carbons (Fsp3) is 0.167. The van der Waals surface area contributed by atoms with Gasteiger partial charge < -0.3 is 5.32 Å². The van der Waals surface area contributed by atoms with Crippen molar-refractivity contribution in [1.82, 2.24) is 10.3 Å². The molecule has 104 valence electrons. The Balaban J connectivity index is 1.56. The van der Waals surface area contributed by atoms with E-state index in [9.17, 15) is 0 Å². The monoisotopic (exact) mass is 292 g/mol. The van der Waals surface area contributed by atoms with Crippen molar-refractivity contribution in [3.63, 3.8) is 0 Å². The van der Waals surface area contributed by atoms with Gasteiger partial charge in [0.25, 0.3) is 0 Å². The van der Waals surface area contributed by atoms with Crippen molar-refractivity contribution >= 4 is 11.3 Å². The molecule has 0 aliphatic carbocycles. The molecule has 1 N–H and O–H groups in total. The van der Waals surface area contributed by atoms with Gasteiger partial charge in [0.1, 0.15) is 0 Å². The van der Waals surface area contributed by atoms with Gasteiger partial charge >= 0.3 is 0 Å². The maximum absolute atomic E-state index is 4.80. The van der Waals surface area contributed by atoms with Crippen molar-refractivity contribution in [2.24, 2.45) is 0 Å². The van der Waals surface area contributed by atoms with Crippen LogP contribution in [0.15, 0.2) is 60.0 Å². The van der Waals surface area contributed by atoms with Crippen LogP contribution < -0.4 is 5.32 Å². The SMILES string of the molecule is c1ccc(-c2csc(CC3NCc4ccccc43)n2)cc1. The summed E-state index contributed by atoms with van der Waals surface area (Å²) in [7, 11) is 0. The number of aromatic nitrogens is 1. The first kappa shape index (κ1) is 12.7. The van der Waals surface area contributed by atoms with E-state index in [2.05, 4.69) is 59.2 Å². The van der Waals surface area contributed by atoms with Gasteiger partial charge in [-0.1, -0.05) is 54.6 Å². The summed E-state index contributed by atoms with van der Waals surface area (Å²) in [6.45, 7) is 0.970. The summed E-state index contributed by atoms with van der Waals surface area (Å²) in [4.78, 5) is 4.80. The maximum atomic E-state index is 4.80. The molecule has 1 aliphatic heterocycles. The molecule has 2 aromatic carbocycles. The average molecular weight is 292 g/mol. The van der Waals surface area contributed by atoms with Crippen LogP contribution in [0.4, 0.5) is 0 Å². The number of hydrogen-bond donors (Lipinski definition) is 1. The van der Waals surface area contributed by atoms with Crippen LogP contribution in [0, 0.1) is 0 Å². The van der Waals surface area contributed by atoms with Gasteiger partial charge in [0.05, 0.1) is 10.7 Å². The number of hydrogen-bond acceptors (Lipinski definition) is 3. The Morgan fingerprint density at radius 2 is 1.86 bits per heavy atom. The highest BCUT2D eigenvalue weighted by atomic mass is 32.1. The van der Waals surface area contributed by atoms with Gasteiger partial charge in [-0.2, -0.15) is 0 Å². The lowest BCUT2D eigenvalue weighted by Gasteiger charge is -2.09. The first-order valence-corrected chi connectivity index (χ1v) is 8.09. The Kier molecular flexibility index (Phi) is 3.30. The van der Waals surface area contributed by atoms with Crippen molar-refractivity contribution in [2.75, 3.05) is 0 Å². The molecule has 3 aromatic rings. The maximum Gasteiger partial charge on any atom is 0.0951 e. The minimum absolute atomic E-state index is 0.399. The van der Waals surface area contributed by atoms with Crippen molar-refractivity contribution in [3.05, 3.63) is 76.1 Å². The molecule has 0 saturated heterocycles. The minimum Gasteiger partial charge on any atom is -0.305 e. The molecule has 2 heterocycles. The smallest absolute Gasteiger partial charge is 0.0951 e. The topological polar surface area (TPSA) is 24.9 Å². The number of rotatable bonds is 3. The van der Waals surface area contributed by atoms with Gasteiger partial charge in [-0.05, 0) is 11.1 Å². The van der Waals surface area contributed by atoms with Crippen LogP contribution in [-0.2, 0) is 13.0 Å². The van der Waals surface area contributed by atoms with E-state index in [4.69, 9.17) is 4.98 Å². The first-order valence-electron chi connectivity index (χ1n) is 7.21. The third-order valence-electron chi connectivity index (χ3n) is 3.97. The van der Waals surface area contributed by atoms with Gasteiger partial charge in [0.15, 0.2) is 0 Å². The Morgan fingerprint density at radius 3 is 2.76 bits per heavy atom.